The number of halogens is 4. The Morgan fingerprint density at radius 2 is 1.81 bits per heavy atom. The highest BCUT2D eigenvalue weighted by atomic mass is 35.5. The van der Waals surface area contributed by atoms with Gasteiger partial charge in [0.1, 0.15) is 6.54 Å². The Bertz CT molecular complexity index is 1140. The first-order valence-corrected chi connectivity index (χ1v) is 10.0. The zero-order chi connectivity index (χ0) is 23.3. The summed E-state index contributed by atoms with van der Waals surface area (Å²) in [7, 11) is 0. The van der Waals surface area contributed by atoms with E-state index in [1.54, 1.807) is 24.3 Å². The second-order valence-corrected chi connectivity index (χ2v) is 7.37. The van der Waals surface area contributed by atoms with E-state index < -0.39 is 29.9 Å². The fourth-order valence-electron chi connectivity index (χ4n) is 3.12. The van der Waals surface area contributed by atoms with Crippen LogP contribution in [-0.2, 0) is 30.6 Å². The normalized spacial score (nSPS) is 11.5. The minimum atomic E-state index is -4.54. The van der Waals surface area contributed by atoms with Crippen LogP contribution in [-0.4, -0.2) is 32.0 Å². The van der Waals surface area contributed by atoms with Gasteiger partial charge >= 0.3 is 11.9 Å². The molecule has 0 fully saturated rings. The minimum absolute atomic E-state index is 0.0870. The molecule has 0 unspecified atom stereocenters. The number of carbonyl (C=O) groups is 1. The van der Waals surface area contributed by atoms with Crippen LogP contribution in [0.3, 0.4) is 0 Å². The van der Waals surface area contributed by atoms with E-state index in [4.69, 9.17) is 16.7 Å². The number of benzene rings is 2. The second-order valence-electron chi connectivity index (χ2n) is 6.93. The average Bonchev–Trinajstić information content (AvgIpc) is 3.06. The van der Waals surface area contributed by atoms with E-state index in [9.17, 15) is 22.8 Å². The number of nitrogens with zero attached hydrogens (tertiary/aromatic N) is 3. The average molecular weight is 469 g/mol. The number of nitrogens with one attached hydrogen (secondary N) is 1. The van der Waals surface area contributed by atoms with Gasteiger partial charge in [0, 0.05) is 30.3 Å². The molecular formula is C21H20ClF3N4O3. The molecule has 170 valence electrons. The van der Waals surface area contributed by atoms with Crippen molar-refractivity contribution in [2.75, 3.05) is 6.61 Å². The van der Waals surface area contributed by atoms with Crippen molar-refractivity contribution in [1.82, 2.24) is 19.7 Å². The summed E-state index contributed by atoms with van der Waals surface area (Å²) in [5, 5.41) is 16.2. The summed E-state index contributed by atoms with van der Waals surface area (Å²) in [4.78, 5) is 25.1. The number of amides is 1. The molecule has 0 bridgehead atoms. The predicted molar refractivity (Wildman–Crippen MR) is 112 cm³/mol. The predicted octanol–water partition coefficient (Wildman–Crippen LogP) is 3.08. The minimum Gasteiger partial charge on any atom is -0.396 e. The molecule has 0 saturated heterocycles. The zero-order valence-corrected chi connectivity index (χ0v) is 17.5. The summed E-state index contributed by atoms with van der Waals surface area (Å²) in [5.74, 6) is -0.381. The van der Waals surface area contributed by atoms with Crippen molar-refractivity contribution in [2.45, 2.75) is 32.2 Å². The molecule has 3 rings (SSSR count). The first-order valence-electron chi connectivity index (χ1n) is 9.67. The highest BCUT2D eigenvalue weighted by molar-refractivity contribution is 6.30. The van der Waals surface area contributed by atoms with E-state index in [2.05, 4.69) is 10.4 Å². The van der Waals surface area contributed by atoms with Crippen molar-refractivity contribution < 1.29 is 23.1 Å². The van der Waals surface area contributed by atoms with Crippen LogP contribution in [0, 0.1) is 0 Å². The van der Waals surface area contributed by atoms with Crippen molar-refractivity contribution >= 4 is 17.5 Å². The largest absolute Gasteiger partial charge is 0.416 e. The van der Waals surface area contributed by atoms with E-state index in [-0.39, 0.29) is 31.1 Å². The topological polar surface area (TPSA) is 89.2 Å². The van der Waals surface area contributed by atoms with Crippen molar-refractivity contribution in [1.29, 1.82) is 0 Å². The number of hydrogen-bond acceptors (Lipinski definition) is 4. The van der Waals surface area contributed by atoms with Gasteiger partial charge in [-0.1, -0.05) is 29.8 Å². The first kappa shape index (κ1) is 23.6. The van der Waals surface area contributed by atoms with Crippen molar-refractivity contribution in [2.24, 2.45) is 0 Å². The van der Waals surface area contributed by atoms with Gasteiger partial charge in [0.2, 0.25) is 5.91 Å². The van der Waals surface area contributed by atoms with Crippen LogP contribution < -0.4 is 11.0 Å². The molecule has 1 amide bonds. The molecule has 32 heavy (non-hydrogen) atoms. The van der Waals surface area contributed by atoms with Crippen LogP contribution in [0.1, 0.15) is 17.5 Å². The Kier molecular flexibility index (Phi) is 7.37. The monoisotopic (exact) mass is 468 g/mol. The van der Waals surface area contributed by atoms with Crippen LogP contribution in [0.25, 0.3) is 11.4 Å². The lowest BCUT2D eigenvalue weighted by Crippen LogP contribution is -2.34. The van der Waals surface area contributed by atoms with Gasteiger partial charge in [-0.15, -0.1) is 5.10 Å². The fraction of sp³-hybridized carbons (Fsp3) is 0.286. The third-order valence-corrected chi connectivity index (χ3v) is 4.91. The maximum absolute atomic E-state index is 13.1. The maximum Gasteiger partial charge on any atom is 0.416 e. The number of aliphatic hydroxyl groups excluding tert-OH is 1. The maximum atomic E-state index is 13.1. The number of hydrogen-bond donors (Lipinski definition) is 2. The third kappa shape index (κ3) is 5.57. The summed E-state index contributed by atoms with van der Waals surface area (Å²) < 4.78 is 41.6. The number of rotatable bonds is 8. The Hall–Kier alpha value is -3.11. The van der Waals surface area contributed by atoms with Crippen molar-refractivity contribution in [3.05, 3.63) is 75.2 Å². The molecule has 3 aromatic rings. The van der Waals surface area contributed by atoms with Gasteiger partial charge in [-0.3, -0.25) is 9.36 Å². The van der Waals surface area contributed by atoms with Gasteiger partial charge < -0.3 is 10.4 Å². The summed E-state index contributed by atoms with van der Waals surface area (Å²) in [6.07, 6.45) is -4.25. The molecule has 0 aliphatic rings. The number of carbonyl (C=O) groups excluding carboxylic acids is 1. The lowest BCUT2D eigenvalue weighted by atomic mass is 10.1. The summed E-state index contributed by atoms with van der Waals surface area (Å²) in [6.45, 7) is -0.789. The van der Waals surface area contributed by atoms with Crippen LogP contribution in [0.2, 0.25) is 5.02 Å². The molecule has 1 aromatic heterocycles. The number of alkyl halides is 3. The molecule has 0 saturated carbocycles. The van der Waals surface area contributed by atoms with Crippen molar-refractivity contribution in [3.8, 4) is 11.4 Å². The molecule has 0 radical (unpaired) electrons. The molecule has 0 atom stereocenters. The molecule has 2 N–H and O–H groups in total. The van der Waals surface area contributed by atoms with Gasteiger partial charge in [0.15, 0.2) is 5.82 Å². The van der Waals surface area contributed by atoms with E-state index in [0.29, 0.717) is 17.0 Å². The molecular weight excluding hydrogens is 449 g/mol. The molecule has 0 aliphatic carbocycles. The Balaban J connectivity index is 1.79. The van der Waals surface area contributed by atoms with Gasteiger partial charge in [0.05, 0.1) is 5.56 Å². The molecule has 0 spiro atoms. The Morgan fingerprint density at radius 3 is 2.47 bits per heavy atom. The lowest BCUT2D eigenvalue weighted by molar-refractivity contribution is -0.138. The van der Waals surface area contributed by atoms with E-state index in [1.807, 2.05) is 0 Å². The highest BCUT2D eigenvalue weighted by Crippen LogP contribution is 2.31. The van der Waals surface area contributed by atoms with Crippen LogP contribution >= 0.6 is 11.6 Å². The zero-order valence-electron chi connectivity index (χ0n) is 16.8. The summed E-state index contributed by atoms with van der Waals surface area (Å²) in [5.41, 5.74) is -0.913. The Morgan fingerprint density at radius 1 is 1.12 bits per heavy atom. The van der Waals surface area contributed by atoms with E-state index >= 15 is 0 Å². The van der Waals surface area contributed by atoms with Crippen LogP contribution in [0.4, 0.5) is 13.2 Å². The second kappa shape index (κ2) is 10.0. The molecule has 11 heteroatoms. The van der Waals surface area contributed by atoms with Gasteiger partial charge in [-0.2, -0.15) is 13.2 Å². The van der Waals surface area contributed by atoms with Crippen LogP contribution in [0.15, 0.2) is 53.3 Å². The van der Waals surface area contributed by atoms with E-state index in [1.165, 1.54) is 22.8 Å². The van der Waals surface area contributed by atoms with Gasteiger partial charge in [0.25, 0.3) is 0 Å². The molecule has 0 aliphatic heterocycles. The first-order chi connectivity index (χ1) is 15.2. The quantitative estimate of drug-likeness (QED) is 0.531. The van der Waals surface area contributed by atoms with Gasteiger partial charge in [-0.05, 0) is 42.3 Å². The van der Waals surface area contributed by atoms with E-state index in [0.717, 1.165) is 10.7 Å². The standard InChI is InChI=1S/C21H20ClF3N4O3/c22-16-8-6-14(7-9-16)19-27-29(20(32)28(19)10-3-11-30)13-18(31)26-12-15-4-1-2-5-17(15)21(23,24)25/h1-2,4-9,30H,3,10-13H2,(H,26,31). The molecule has 1 heterocycles. The fourth-order valence-corrected chi connectivity index (χ4v) is 3.25. The highest BCUT2D eigenvalue weighted by Gasteiger charge is 2.32. The number of aromatic nitrogens is 3. The Labute approximate surface area is 186 Å². The lowest BCUT2D eigenvalue weighted by Gasteiger charge is -2.13. The third-order valence-electron chi connectivity index (χ3n) is 4.66. The van der Waals surface area contributed by atoms with Crippen molar-refractivity contribution in [3.63, 3.8) is 0 Å². The van der Waals surface area contributed by atoms with Crippen LogP contribution in [0.5, 0.6) is 0 Å². The SMILES string of the molecule is O=C(Cn1nc(-c2ccc(Cl)cc2)n(CCCO)c1=O)NCc1ccccc1C(F)(F)F. The van der Waals surface area contributed by atoms with Gasteiger partial charge in [-0.25, -0.2) is 9.48 Å². The number of aliphatic hydroxyl groups is 1. The molecule has 2 aromatic carbocycles. The summed E-state index contributed by atoms with van der Waals surface area (Å²) in [6, 6.07) is 11.5. The molecule has 7 nitrogen and oxygen atoms in total. The summed E-state index contributed by atoms with van der Waals surface area (Å²) >= 11 is 5.90. The smallest absolute Gasteiger partial charge is 0.396 e.